The van der Waals surface area contributed by atoms with Gasteiger partial charge < -0.3 is 14.5 Å². The lowest BCUT2D eigenvalue weighted by Crippen LogP contribution is -2.23. The van der Waals surface area contributed by atoms with Crippen molar-refractivity contribution in [2.24, 2.45) is 0 Å². The van der Waals surface area contributed by atoms with Gasteiger partial charge in [0, 0.05) is 34.2 Å². The molecule has 0 amide bonds. The first-order valence-corrected chi connectivity index (χ1v) is 12.2. The third-order valence-corrected chi connectivity index (χ3v) is 6.24. The molecular weight excluding hydrogens is 430 g/mol. The van der Waals surface area contributed by atoms with Crippen LogP contribution in [0, 0.1) is 0 Å². The van der Waals surface area contributed by atoms with Gasteiger partial charge in [0.05, 0.1) is 5.52 Å². The Kier molecular flexibility index (Phi) is 6.43. The molecule has 0 aliphatic heterocycles. The highest BCUT2D eigenvalue weighted by Crippen LogP contribution is 2.34. The van der Waals surface area contributed by atoms with E-state index in [1.165, 1.54) is 27.6 Å². The molecule has 1 heterocycles. The van der Waals surface area contributed by atoms with E-state index in [2.05, 4.69) is 98.1 Å². The van der Waals surface area contributed by atoms with Gasteiger partial charge in [-0.25, -0.2) is 0 Å². The number of nitrogens with zero attached hydrogens (tertiary/aromatic N) is 1. The Morgan fingerprint density at radius 2 is 1.55 bits per heavy atom. The van der Waals surface area contributed by atoms with Crippen molar-refractivity contribution in [2.45, 2.75) is 46.0 Å². The molecule has 1 aromatic heterocycles. The van der Waals surface area contributed by atoms with Crippen LogP contribution < -0.4 is 10.3 Å². The van der Waals surface area contributed by atoms with E-state index < -0.39 is 11.3 Å². The molecule has 6 heteroatoms. The quantitative estimate of drug-likeness (QED) is 0.257. The minimum Gasteiger partial charge on any atom is -0.759 e. The summed E-state index contributed by atoms with van der Waals surface area (Å²) < 4.78 is 23.6. The van der Waals surface area contributed by atoms with Crippen LogP contribution in [0.5, 0.6) is 0 Å². The van der Waals surface area contributed by atoms with Crippen LogP contribution in [0.4, 0.5) is 5.69 Å². The van der Waals surface area contributed by atoms with Gasteiger partial charge in [-0.05, 0) is 63.9 Å². The molecule has 5 nitrogen and oxygen atoms in total. The van der Waals surface area contributed by atoms with Crippen LogP contribution in [0.25, 0.3) is 27.7 Å². The van der Waals surface area contributed by atoms with Gasteiger partial charge in [0.25, 0.3) is 0 Å². The molecule has 2 N–H and O–H groups in total. The van der Waals surface area contributed by atoms with Gasteiger partial charge in [-0.2, -0.15) is 4.83 Å². The van der Waals surface area contributed by atoms with Crippen LogP contribution in [-0.4, -0.2) is 13.3 Å². The second-order valence-electron chi connectivity index (χ2n) is 9.68. The Morgan fingerprint density at radius 3 is 2.12 bits per heavy atom. The fourth-order valence-corrected chi connectivity index (χ4v) is 4.28. The first-order valence-electron chi connectivity index (χ1n) is 11.1. The van der Waals surface area contributed by atoms with Crippen LogP contribution in [0.1, 0.15) is 51.7 Å². The van der Waals surface area contributed by atoms with Gasteiger partial charge in [0.2, 0.25) is 0 Å². The molecule has 33 heavy (non-hydrogen) atoms. The van der Waals surface area contributed by atoms with E-state index >= 15 is 0 Å². The van der Waals surface area contributed by atoms with E-state index in [-0.39, 0.29) is 5.41 Å². The van der Waals surface area contributed by atoms with Gasteiger partial charge in [0.15, 0.2) is 0 Å². The second kappa shape index (κ2) is 9.14. The Morgan fingerprint density at radius 1 is 0.909 bits per heavy atom. The van der Waals surface area contributed by atoms with Gasteiger partial charge in [-0.1, -0.05) is 71.0 Å². The highest BCUT2D eigenvalue weighted by atomic mass is 32.2. The van der Waals surface area contributed by atoms with E-state index in [4.69, 9.17) is 0 Å². The van der Waals surface area contributed by atoms with Crippen molar-refractivity contribution < 1.29 is 8.76 Å². The monoisotopic (exact) mass is 460 g/mol. The summed E-state index contributed by atoms with van der Waals surface area (Å²) in [5.41, 5.74) is 10.6. The predicted molar refractivity (Wildman–Crippen MR) is 137 cm³/mol. The van der Waals surface area contributed by atoms with Crippen molar-refractivity contribution in [1.82, 2.24) is 9.40 Å². The van der Waals surface area contributed by atoms with E-state index in [1.54, 1.807) is 0 Å². The Balaban J connectivity index is 1.76. The maximum Gasteiger partial charge on any atom is 0.0537 e. The lowest BCUT2D eigenvalue weighted by atomic mass is 9.86. The maximum absolute atomic E-state index is 10.7. The fraction of sp³-hybridized carbons (Fsp3) is 0.259. The average Bonchev–Trinajstić information content (AvgIpc) is 3.17. The summed E-state index contributed by atoms with van der Waals surface area (Å²) >= 11 is -2.37. The maximum atomic E-state index is 10.7. The molecule has 4 aromatic rings. The molecule has 0 saturated heterocycles. The van der Waals surface area contributed by atoms with Gasteiger partial charge in [-0.15, -0.1) is 0 Å². The van der Waals surface area contributed by atoms with Crippen molar-refractivity contribution >= 4 is 27.9 Å². The van der Waals surface area contributed by atoms with Crippen LogP contribution in [0.3, 0.4) is 0 Å². The number of hydrogen-bond acceptors (Lipinski definition) is 3. The van der Waals surface area contributed by atoms with Gasteiger partial charge in [-0.3, -0.25) is 4.21 Å². The number of hydrazine groups is 1. The molecule has 0 fully saturated rings. The molecule has 0 saturated carbocycles. The van der Waals surface area contributed by atoms with E-state index in [0.717, 1.165) is 11.2 Å². The Hall–Kier alpha value is -2.93. The Labute approximate surface area is 198 Å². The SMILES string of the molecule is CC(C)c1cn(-c2ccc(NNS(=O)[O-])cc2)c2cc(-c3ccc(C(C)(C)C)cc3)ccc12. The minimum atomic E-state index is -2.37. The highest BCUT2D eigenvalue weighted by Gasteiger charge is 2.15. The summed E-state index contributed by atoms with van der Waals surface area (Å²) in [6.07, 6.45) is 2.20. The summed E-state index contributed by atoms with van der Waals surface area (Å²) in [4.78, 5) is 2.17. The fourth-order valence-electron chi connectivity index (χ4n) is 4.08. The topological polar surface area (TPSA) is 69.1 Å². The third-order valence-electron chi connectivity index (χ3n) is 5.97. The first-order chi connectivity index (χ1) is 15.6. The number of aromatic nitrogens is 1. The normalized spacial score (nSPS) is 12.9. The largest absolute Gasteiger partial charge is 0.759 e. The summed E-state index contributed by atoms with van der Waals surface area (Å²) in [5.74, 6) is 0.392. The van der Waals surface area contributed by atoms with E-state index in [1.807, 2.05) is 24.3 Å². The molecule has 1 unspecified atom stereocenters. The molecule has 4 rings (SSSR count). The van der Waals surface area contributed by atoms with E-state index in [0.29, 0.717) is 11.6 Å². The number of fused-ring (bicyclic) bond motifs is 1. The van der Waals surface area contributed by atoms with Crippen molar-refractivity contribution in [2.75, 3.05) is 5.43 Å². The first kappa shape index (κ1) is 23.2. The van der Waals surface area contributed by atoms with Crippen LogP contribution in [0.15, 0.2) is 72.9 Å². The lowest BCUT2D eigenvalue weighted by Gasteiger charge is -2.19. The summed E-state index contributed by atoms with van der Waals surface area (Å²) in [7, 11) is 0. The average molecular weight is 461 g/mol. The standard InChI is InChI=1S/C27H31N3O2S/c1-18(2)25-17-30(23-13-11-22(12-14-23)28-29-33(31)32)26-16-20(8-15-24(25)26)19-6-9-21(10-7-19)27(3,4)5/h6-18,28-29H,1-5H3,(H,31,32)/p-1. The lowest BCUT2D eigenvalue weighted by molar-refractivity contribution is 0.528. The van der Waals surface area contributed by atoms with Gasteiger partial charge >= 0.3 is 0 Å². The number of benzene rings is 3. The number of rotatable bonds is 6. The van der Waals surface area contributed by atoms with E-state index in [9.17, 15) is 8.76 Å². The predicted octanol–water partition coefficient (Wildman–Crippen LogP) is 6.43. The summed E-state index contributed by atoms with van der Waals surface area (Å²) in [5, 5.41) is 1.24. The molecule has 0 spiro atoms. The second-order valence-corrected chi connectivity index (χ2v) is 10.4. The van der Waals surface area contributed by atoms with Crippen molar-refractivity contribution in [3.63, 3.8) is 0 Å². The van der Waals surface area contributed by atoms with Crippen molar-refractivity contribution in [3.05, 3.63) is 84.1 Å². The molecule has 0 radical (unpaired) electrons. The minimum absolute atomic E-state index is 0.128. The number of hydrogen-bond donors (Lipinski definition) is 2. The summed E-state index contributed by atoms with van der Waals surface area (Å²) in [6.45, 7) is 11.1. The van der Waals surface area contributed by atoms with Crippen molar-refractivity contribution in [3.8, 4) is 16.8 Å². The number of anilines is 1. The van der Waals surface area contributed by atoms with Crippen LogP contribution >= 0.6 is 0 Å². The van der Waals surface area contributed by atoms with Gasteiger partial charge in [0.1, 0.15) is 0 Å². The highest BCUT2D eigenvalue weighted by molar-refractivity contribution is 7.77. The van der Waals surface area contributed by atoms with Crippen molar-refractivity contribution in [1.29, 1.82) is 0 Å². The zero-order valence-electron chi connectivity index (χ0n) is 19.7. The van der Waals surface area contributed by atoms with Crippen LogP contribution in [0.2, 0.25) is 0 Å². The summed E-state index contributed by atoms with van der Waals surface area (Å²) in [6, 6.07) is 23.2. The molecule has 0 aliphatic rings. The molecule has 1 atom stereocenters. The zero-order chi connectivity index (χ0) is 23.8. The molecule has 0 bridgehead atoms. The smallest absolute Gasteiger partial charge is 0.0537 e. The molecule has 0 aliphatic carbocycles. The molecular formula is C27H30N3O2S-. The Bertz CT molecular complexity index is 1280. The van der Waals surface area contributed by atoms with Crippen LogP contribution in [-0.2, 0) is 16.7 Å². The third kappa shape index (κ3) is 5.03. The molecule has 3 aromatic carbocycles. The molecule has 172 valence electrons. The number of nitrogens with one attached hydrogen (secondary N) is 2. The zero-order valence-corrected chi connectivity index (χ0v) is 20.5.